The fourth-order valence-electron chi connectivity index (χ4n) is 3.49. The molecule has 0 radical (unpaired) electrons. The molecule has 1 aliphatic carbocycles. The van der Waals surface area contributed by atoms with E-state index in [4.69, 9.17) is 0 Å². The third kappa shape index (κ3) is 6.82. The first-order valence-corrected chi connectivity index (χ1v) is 10.4. The Kier molecular flexibility index (Phi) is 8.76. The summed E-state index contributed by atoms with van der Waals surface area (Å²) in [7, 11) is 0. The summed E-state index contributed by atoms with van der Waals surface area (Å²) in [5, 5.41) is 27.9. The van der Waals surface area contributed by atoms with Crippen LogP contribution in [0, 0.1) is 25.6 Å². The van der Waals surface area contributed by atoms with Crippen molar-refractivity contribution in [2.24, 2.45) is 5.41 Å². The summed E-state index contributed by atoms with van der Waals surface area (Å²) >= 11 is 0. The highest BCUT2D eigenvalue weighted by atomic mass is 16.6. The summed E-state index contributed by atoms with van der Waals surface area (Å²) in [6.45, 7) is 3.28. The van der Waals surface area contributed by atoms with E-state index in [9.17, 15) is 25.0 Å². The fourth-order valence-corrected chi connectivity index (χ4v) is 3.49. The molecule has 0 bridgehead atoms. The van der Waals surface area contributed by atoms with Crippen molar-refractivity contribution in [1.29, 1.82) is 0 Å². The number of benzene rings is 1. The molecule has 0 heterocycles. The number of hydrogen-bond acceptors (Lipinski definition) is 6. The van der Waals surface area contributed by atoms with Crippen molar-refractivity contribution in [3.63, 3.8) is 0 Å². The van der Waals surface area contributed by atoms with Crippen molar-refractivity contribution in [2.45, 2.75) is 58.3 Å². The predicted molar refractivity (Wildman–Crippen MR) is 115 cm³/mol. The minimum Gasteiger partial charge on any atom is -0.379 e. The van der Waals surface area contributed by atoms with Gasteiger partial charge in [-0.3, -0.25) is 25.0 Å². The SMILES string of the molecule is CC1(C(=O)NCCCCCCCCNc2ccc([N+](=O)[O-])cc2[N+](=O)[O-])CC=CC1. The molecule has 0 aliphatic heterocycles. The number of nitrogens with zero attached hydrogens (tertiary/aromatic N) is 2. The van der Waals surface area contributed by atoms with Crippen molar-refractivity contribution >= 4 is 23.0 Å². The quantitative estimate of drug-likeness (QED) is 0.206. The Morgan fingerprint density at radius 3 is 2.17 bits per heavy atom. The van der Waals surface area contributed by atoms with E-state index in [0.29, 0.717) is 18.8 Å². The maximum atomic E-state index is 12.2. The normalized spacial score (nSPS) is 14.4. The van der Waals surface area contributed by atoms with Gasteiger partial charge in [0.25, 0.3) is 11.4 Å². The van der Waals surface area contributed by atoms with Gasteiger partial charge in [-0.25, -0.2) is 0 Å². The van der Waals surface area contributed by atoms with Crippen LogP contribution in [0.1, 0.15) is 58.3 Å². The number of amides is 1. The zero-order valence-electron chi connectivity index (χ0n) is 17.4. The molecule has 1 aromatic carbocycles. The maximum Gasteiger partial charge on any atom is 0.299 e. The number of anilines is 1. The minimum atomic E-state index is -0.644. The summed E-state index contributed by atoms with van der Waals surface area (Å²) < 4.78 is 0. The largest absolute Gasteiger partial charge is 0.379 e. The average Bonchev–Trinajstić information content (AvgIpc) is 3.16. The third-order valence-corrected chi connectivity index (χ3v) is 5.44. The van der Waals surface area contributed by atoms with E-state index < -0.39 is 9.85 Å². The lowest BCUT2D eigenvalue weighted by atomic mass is 9.87. The van der Waals surface area contributed by atoms with Crippen LogP contribution < -0.4 is 10.6 Å². The van der Waals surface area contributed by atoms with Crippen LogP contribution >= 0.6 is 0 Å². The van der Waals surface area contributed by atoms with E-state index >= 15 is 0 Å². The molecule has 0 unspecified atom stereocenters. The highest BCUT2D eigenvalue weighted by molar-refractivity contribution is 5.83. The molecule has 1 amide bonds. The molecule has 9 nitrogen and oxygen atoms in total. The highest BCUT2D eigenvalue weighted by Gasteiger charge is 2.33. The van der Waals surface area contributed by atoms with E-state index in [1.165, 1.54) is 12.1 Å². The van der Waals surface area contributed by atoms with E-state index in [0.717, 1.165) is 57.4 Å². The highest BCUT2D eigenvalue weighted by Crippen LogP contribution is 2.32. The Morgan fingerprint density at radius 2 is 1.57 bits per heavy atom. The second-order valence-electron chi connectivity index (χ2n) is 7.96. The average molecular weight is 418 g/mol. The molecule has 164 valence electrons. The molecule has 0 saturated carbocycles. The number of allylic oxidation sites excluding steroid dienone is 2. The van der Waals surface area contributed by atoms with Crippen molar-refractivity contribution in [2.75, 3.05) is 18.4 Å². The van der Waals surface area contributed by atoms with Crippen LogP contribution in [0.25, 0.3) is 0 Å². The zero-order chi connectivity index (χ0) is 22.0. The van der Waals surface area contributed by atoms with Crippen LogP contribution in [-0.4, -0.2) is 28.8 Å². The van der Waals surface area contributed by atoms with Crippen LogP contribution in [0.2, 0.25) is 0 Å². The number of nitro groups is 2. The monoisotopic (exact) mass is 418 g/mol. The lowest BCUT2D eigenvalue weighted by Gasteiger charge is -2.22. The molecule has 30 heavy (non-hydrogen) atoms. The van der Waals surface area contributed by atoms with E-state index in [1.54, 1.807) is 0 Å². The number of nitro benzene ring substituents is 2. The smallest absolute Gasteiger partial charge is 0.299 e. The van der Waals surface area contributed by atoms with Gasteiger partial charge >= 0.3 is 0 Å². The third-order valence-electron chi connectivity index (χ3n) is 5.44. The second kappa shape index (κ2) is 11.3. The Morgan fingerprint density at radius 1 is 0.967 bits per heavy atom. The molecule has 0 aromatic heterocycles. The van der Waals surface area contributed by atoms with Crippen LogP contribution in [0.4, 0.5) is 17.1 Å². The standard InChI is InChI=1S/C21H30N4O5/c1-21(12-6-7-13-21)20(26)23-15-9-5-3-2-4-8-14-22-18-11-10-17(24(27)28)16-19(18)25(29)30/h6-7,10-11,16,22H,2-5,8-9,12-15H2,1H3,(H,23,26). The second-order valence-corrected chi connectivity index (χ2v) is 7.96. The van der Waals surface area contributed by atoms with Crippen LogP contribution in [-0.2, 0) is 4.79 Å². The van der Waals surface area contributed by atoms with Crippen LogP contribution in [0.5, 0.6) is 0 Å². The lowest BCUT2D eigenvalue weighted by Crippen LogP contribution is -2.37. The van der Waals surface area contributed by atoms with Gasteiger partial charge in [0, 0.05) is 19.2 Å². The Labute approximate surface area is 176 Å². The number of carbonyl (C=O) groups is 1. The lowest BCUT2D eigenvalue weighted by molar-refractivity contribution is -0.393. The molecule has 9 heteroatoms. The van der Waals surface area contributed by atoms with Crippen LogP contribution in [0.3, 0.4) is 0 Å². The summed E-state index contributed by atoms with van der Waals surface area (Å²) in [6.07, 6.45) is 11.7. The van der Waals surface area contributed by atoms with Gasteiger partial charge in [-0.1, -0.05) is 44.8 Å². The molecule has 0 spiro atoms. The summed E-state index contributed by atoms with van der Waals surface area (Å²) in [5.74, 6) is 0.138. The molecule has 1 aromatic rings. The summed E-state index contributed by atoms with van der Waals surface area (Å²) in [5.41, 5.74) is -0.551. The first-order chi connectivity index (χ1) is 14.3. The number of rotatable bonds is 13. The first kappa shape index (κ1) is 23.3. The summed E-state index contributed by atoms with van der Waals surface area (Å²) in [4.78, 5) is 32.8. The number of carbonyl (C=O) groups excluding carboxylic acids is 1. The predicted octanol–water partition coefficient (Wildman–Crippen LogP) is 4.73. The van der Waals surface area contributed by atoms with E-state index in [2.05, 4.69) is 22.8 Å². The molecule has 2 N–H and O–H groups in total. The molecule has 0 saturated heterocycles. The number of nitrogens with one attached hydrogen (secondary N) is 2. The van der Waals surface area contributed by atoms with Gasteiger partial charge in [0.05, 0.1) is 21.3 Å². The van der Waals surface area contributed by atoms with E-state index in [1.807, 2.05) is 6.92 Å². The van der Waals surface area contributed by atoms with Crippen molar-refractivity contribution < 1.29 is 14.6 Å². The van der Waals surface area contributed by atoms with Gasteiger partial charge in [0.1, 0.15) is 5.69 Å². The molecule has 0 atom stereocenters. The Balaban J connectivity index is 1.55. The van der Waals surface area contributed by atoms with E-state index in [-0.39, 0.29) is 22.7 Å². The van der Waals surface area contributed by atoms with Gasteiger partial charge in [0.2, 0.25) is 5.91 Å². The van der Waals surface area contributed by atoms with Crippen molar-refractivity contribution in [3.8, 4) is 0 Å². The zero-order valence-corrected chi connectivity index (χ0v) is 17.4. The Bertz CT molecular complexity index is 786. The fraction of sp³-hybridized carbons (Fsp3) is 0.571. The molecule has 2 rings (SSSR count). The van der Waals surface area contributed by atoms with Gasteiger partial charge in [-0.2, -0.15) is 0 Å². The summed E-state index contributed by atoms with van der Waals surface area (Å²) in [6, 6.07) is 3.62. The number of non-ortho nitro benzene ring substituents is 1. The van der Waals surface area contributed by atoms with Crippen LogP contribution in [0.15, 0.2) is 30.4 Å². The topological polar surface area (TPSA) is 127 Å². The van der Waals surface area contributed by atoms with Crippen molar-refractivity contribution in [3.05, 3.63) is 50.6 Å². The van der Waals surface area contributed by atoms with Gasteiger partial charge < -0.3 is 10.6 Å². The minimum absolute atomic E-state index is 0.138. The molecular formula is C21H30N4O5. The van der Waals surface area contributed by atoms with Gasteiger partial charge in [-0.05, 0) is 31.7 Å². The molecule has 1 aliphatic rings. The first-order valence-electron chi connectivity index (χ1n) is 10.4. The van der Waals surface area contributed by atoms with Gasteiger partial charge in [0.15, 0.2) is 0 Å². The van der Waals surface area contributed by atoms with Gasteiger partial charge in [-0.15, -0.1) is 0 Å². The van der Waals surface area contributed by atoms with Crippen molar-refractivity contribution in [1.82, 2.24) is 5.32 Å². The number of hydrogen-bond donors (Lipinski definition) is 2. The number of unbranched alkanes of at least 4 members (excludes halogenated alkanes) is 5. The molecular weight excluding hydrogens is 388 g/mol. The molecule has 0 fully saturated rings. The Hall–Kier alpha value is -2.97. The maximum absolute atomic E-state index is 12.2.